The zero-order valence-electron chi connectivity index (χ0n) is 15.5. The van der Waals surface area contributed by atoms with Crippen LogP contribution in [0.4, 0.5) is 0 Å². The summed E-state index contributed by atoms with van der Waals surface area (Å²) in [7, 11) is 2.12. The number of nitrogens with one attached hydrogen (secondary N) is 1. The molecule has 0 aliphatic rings. The Morgan fingerprint density at radius 1 is 1.11 bits per heavy atom. The molecule has 2 aromatic heterocycles. The summed E-state index contributed by atoms with van der Waals surface area (Å²) < 4.78 is 5.33. The Morgan fingerprint density at radius 2 is 1.93 bits per heavy atom. The SMILES string of the molecule is Cc1ccc(-n2nnn(C[NH+](C)Cc3nc4ccccc4s3)c2=S)c(C)c1. The van der Waals surface area contributed by atoms with Crippen LogP contribution in [0.2, 0.25) is 0 Å². The molecule has 27 heavy (non-hydrogen) atoms. The highest BCUT2D eigenvalue weighted by molar-refractivity contribution is 7.71. The lowest BCUT2D eigenvalue weighted by atomic mass is 10.1. The predicted molar refractivity (Wildman–Crippen MR) is 110 cm³/mol. The Kier molecular flexibility index (Phi) is 4.86. The average molecular weight is 398 g/mol. The van der Waals surface area contributed by atoms with E-state index < -0.39 is 0 Å². The molecule has 0 fully saturated rings. The number of quaternary nitrogens is 1. The summed E-state index contributed by atoms with van der Waals surface area (Å²) in [6, 6.07) is 14.5. The number of tetrazole rings is 1. The molecule has 0 amide bonds. The van der Waals surface area contributed by atoms with Crippen molar-refractivity contribution in [2.45, 2.75) is 27.1 Å². The van der Waals surface area contributed by atoms with E-state index in [-0.39, 0.29) is 0 Å². The highest BCUT2D eigenvalue weighted by Gasteiger charge is 2.14. The number of nitrogens with zero attached hydrogens (tertiary/aromatic N) is 5. The number of hydrogen-bond acceptors (Lipinski definition) is 5. The van der Waals surface area contributed by atoms with Crippen LogP contribution in [0, 0.1) is 18.6 Å². The number of rotatable bonds is 5. The lowest BCUT2D eigenvalue weighted by Crippen LogP contribution is -3.07. The van der Waals surface area contributed by atoms with Gasteiger partial charge in [0.15, 0.2) is 6.67 Å². The third-order valence-electron chi connectivity index (χ3n) is 4.43. The lowest BCUT2D eigenvalue weighted by Gasteiger charge is -2.11. The van der Waals surface area contributed by atoms with Gasteiger partial charge in [0.25, 0.3) is 0 Å². The smallest absolute Gasteiger partial charge is 0.225 e. The number of fused-ring (bicyclic) bond motifs is 1. The van der Waals surface area contributed by atoms with E-state index in [0.717, 1.165) is 28.3 Å². The summed E-state index contributed by atoms with van der Waals surface area (Å²) in [5.41, 5.74) is 4.38. The van der Waals surface area contributed by atoms with Crippen LogP contribution in [0.3, 0.4) is 0 Å². The number of hydrogen-bond donors (Lipinski definition) is 1. The molecule has 6 nitrogen and oxygen atoms in total. The van der Waals surface area contributed by atoms with Crippen molar-refractivity contribution in [2.75, 3.05) is 7.05 Å². The molecular formula is C19H21N6S2+. The van der Waals surface area contributed by atoms with E-state index in [4.69, 9.17) is 17.2 Å². The first-order chi connectivity index (χ1) is 13.0. The molecule has 0 aliphatic carbocycles. The minimum absolute atomic E-state index is 0.602. The van der Waals surface area contributed by atoms with Crippen molar-refractivity contribution in [2.24, 2.45) is 0 Å². The number of thiazole rings is 1. The molecule has 2 heterocycles. The maximum atomic E-state index is 5.61. The van der Waals surface area contributed by atoms with Crippen molar-refractivity contribution in [3.05, 3.63) is 63.4 Å². The molecule has 0 saturated carbocycles. The number of aromatic nitrogens is 5. The van der Waals surface area contributed by atoms with Crippen LogP contribution in [0.5, 0.6) is 0 Å². The van der Waals surface area contributed by atoms with Crippen LogP contribution in [0.25, 0.3) is 15.9 Å². The molecule has 138 valence electrons. The average Bonchev–Trinajstić information content (AvgIpc) is 3.19. The molecule has 0 saturated heterocycles. The van der Waals surface area contributed by atoms with Crippen LogP contribution in [0.1, 0.15) is 16.1 Å². The highest BCUT2D eigenvalue weighted by atomic mass is 32.1. The molecule has 1 unspecified atom stereocenters. The van der Waals surface area contributed by atoms with Gasteiger partial charge in [0, 0.05) is 0 Å². The maximum absolute atomic E-state index is 5.61. The zero-order chi connectivity index (χ0) is 19.0. The molecule has 1 atom stereocenters. The van der Waals surface area contributed by atoms with Gasteiger partial charge in [0.2, 0.25) is 4.77 Å². The number of para-hydroxylation sites is 1. The van der Waals surface area contributed by atoms with Gasteiger partial charge in [0.05, 0.1) is 23.0 Å². The third kappa shape index (κ3) is 3.69. The summed E-state index contributed by atoms with van der Waals surface area (Å²) in [5, 5.41) is 9.65. The van der Waals surface area contributed by atoms with Crippen LogP contribution < -0.4 is 4.90 Å². The van der Waals surface area contributed by atoms with E-state index in [1.54, 1.807) is 20.7 Å². The van der Waals surface area contributed by atoms with E-state index >= 15 is 0 Å². The fourth-order valence-electron chi connectivity index (χ4n) is 3.13. The summed E-state index contributed by atoms with van der Waals surface area (Å²) in [6.45, 7) is 5.60. The molecule has 0 radical (unpaired) electrons. The quantitative estimate of drug-likeness (QED) is 0.526. The molecular weight excluding hydrogens is 376 g/mol. The van der Waals surface area contributed by atoms with E-state index in [2.05, 4.69) is 55.6 Å². The monoisotopic (exact) mass is 397 g/mol. The van der Waals surface area contributed by atoms with Crippen molar-refractivity contribution in [1.29, 1.82) is 0 Å². The van der Waals surface area contributed by atoms with Crippen molar-refractivity contribution >= 4 is 33.8 Å². The maximum Gasteiger partial charge on any atom is 0.225 e. The Hall–Kier alpha value is -2.42. The van der Waals surface area contributed by atoms with Crippen molar-refractivity contribution in [3.63, 3.8) is 0 Å². The third-order valence-corrected chi connectivity index (χ3v) is 5.85. The molecule has 0 spiro atoms. The number of benzene rings is 2. The Bertz CT molecular complexity index is 1120. The summed E-state index contributed by atoms with van der Waals surface area (Å²) >= 11 is 7.35. The van der Waals surface area contributed by atoms with Gasteiger partial charge >= 0.3 is 0 Å². The van der Waals surface area contributed by atoms with Gasteiger partial charge in [0.1, 0.15) is 11.6 Å². The van der Waals surface area contributed by atoms with E-state index in [0.29, 0.717) is 11.4 Å². The first kappa shape index (κ1) is 18.0. The first-order valence-electron chi connectivity index (χ1n) is 8.77. The second kappa shape index (κ2) is 7.30. The second-order valence-corrected chi connectivity index (χ2v) is 8.31. The van der Waals surface area contributed by atoms with Gasteiger partial charge in [-0.3, -0.25) is 0 Å². The van der Waals surface area contributed by atoms with Gasteiger partial charge in [-0.1, -0.05) is 29.8 Å². The molecule has 0 aliphatic heterocycles. The normalized spacial score (nSPS) is 12.6. The molecule has 4 aromatic rings. The van der Waals surface area contributed by atoms with Crippen LogP contribution in [0.15, 0.2) is 42.5 Å². The Labute approximate surface area is 166 Å². The van der Waals surface area contributed by atoms with Crippen LogP contribution in [-0.2, 0) is 13.2 Å². The zero-order valence-corrected chi connectivity index (χ0v) is 17.1. The van der Waals surface area contributed by atoms with Crippen molar-refractivity contribution in [3.8, 4) is 5.69 Å². The first-order valence-corrected chi connectivity index (χ1v) is 10.00. The summed E-state index contributed by atoms with van der Waals surface area (Å²) in [6.07, 6.45) is 0. The van der Waals surface area contributed by atoms with E-state index in [1.807, 2.05) is 18.2 Å². The van der Waals surface area contributed by atoms with Crippen molar-refractivity contribution in [1.82, 2.24) is 24.8 Å². The van der Waals surface area contributed by atoms with Gasteiger partial charge < -0.3 is 4.90 Å². The minimum Gasteiger partial charge on any atom is -0.313 e. The predicted octanol–water partition coefficient (Wildman–Crippen LogP) is 2.70. The van der Waals surface area contributed by atoms with Crippen molar-refractivity contribution < 1.29 is 4.90 Å². The largest absolute Gasteiger partial charge is 0.313 e. The fraction of sp³-hybridized carbons (Fsp3) is 0.263. The summed E-state index contributed by atoms with van der Waals surface area (Å²) in [4.78, 5) is 5.96. The topological polar surface area (TPSA) is 53.0 Å². The van der Waals surface area contributed by atoms with Gasteiger partial charge in [-0.25, -0.2) is 4.98 Å². The number of aryl methyl sites for hydroxylation is 2. The van der Waals surface area contributed by atoms with E-state index in [9.17, 15) is 0 Å². The van der Waals surface area contributed by atoms with Gasteiger partial charge in [-0.05, 0) is 60.3 Å². The minimum atomic E-state index is 0.602. The fourth-order valence-corrected chi connectivity index (χ4v) is 4.45. The van der Waals surface area contributed by atoms with Crippen LogP contribution in [-0.4, -0.2) is 31.8 Å². The molecule has 0 bridgehead atoms. The second-order valence-electron chi connectivity index (χ2n) is 6.83. The Morgan fingerprint density at radius 3 is 2.70 bits per heavy atom. The molecule has 4 rings (SSSR count). The highest BCUT2D eigenvalue weighted by Crippen LogP contribution is 2.20. The van der Waals surface area contributed by atoms with Crippen LogP contribution >= 0.6 is 23.6 Å². The lowest BCUT2D eigenvalue weighted by molar-refractivity contribution is -0.917. The van der Waals surface area contributed by atoms with E-state index in [1.165, 1.54) is 15.2 Å². The molecule has 2 aromatic carbocycles. The summed E-state index contributed by atoms with van der Waals surface area (Å²) in [5.74, 6) is 0. The standard InChI is InChI=1S/C19H20N6S2/c1-13-8-9-16(14(2)10-13)25-19(26)24(21-22-25)12-23(3)11-18-20-15-6-4-5-7-17(15)27-18/h4-10H,11-12H2,1-3H3/p+1. The van der Waals surface area contributed by atoms with Gasteiger partial charge in [-0.2, -0.15) is 9.36 Å². The van der Waals surface area contributed by atoms with Gasteiger partial charge in [-0.15, -0.1) is 11.3 Å². The molecule has 8 heteroatoms. The molecule has 1 N–H and O–H groups in total. The Balaban J connectivity index is 1.52.